The van der Waals surface area contributed by atoms with Crippen molar-refractivity contribution >= 4 is 99.8 Å². The Morgan fingerprint density at radius 1 is 1.08 bits per heavy atom. The van der Waals surface area contributed by atoms with E-state index >= 15 is 0 Å². The van der Waals surface area contributed by atoms with Crippen molar-refractivity contribution in [2.45, 2.75) is 35.0 Å². The first-order valence-corrected chi connectivity index (χ1v) is 11.6. The number of H-pyrrole nitrogens is 1. The Kier molecular flexibility index (Phi) is 8.42. The summed E-state index contributed by atoms with van der Waals surface area (Å²) in [7, 11) is 51.5. The summed E-state index contributed by atoms with van der Waals surface area (Å²) in [5, 5.41) is 8.82. The number of carbonyl (C=O) groups excluding carboxylic acids is 2. The largest absolute Gasteiger partial charge is 0.387 e. The molecule has 17 heteroatoms. The molecule has 0 saturated carbocycles. The Morgan fingerprint density at radius 3 is 2.26 bits per heavy atom. The maximum atomic E-state index is 13.8. The molecule has 4 N–H and O–H groups in total. The summed E-state index contributed by atoms with van der Waals surface area (Å²) in [6, 6.07) is 3.95. The van der Waals surface area contributed by atoms with E-state index in [2.05, 4.69) is 15.6 Å². The lowest BCUT2D eigenvalue weighted by Gasteiger charge is -2.60. The SMILES string of the molecule is [B]C([B])([B])C([B])([B])N(CCNC(=O)c1c(C)[nH]c(/C=C2\C(=O)Nc3ccc(F)cc32)c1C)C([B])(O)C([B])([B])[B]. The lowest BCUT2D eigenvalue weighted by molar-refractivity contribution is -0.110. The van der Waals surface area contributed by atoms with Crippen LogP contribution in [0.15, 0.2) is 18.2 Å². The molecule has 2 amide bonds. The summed E-state index contributed by atoms with van der Waals surface area (Å²) in [6.07, 6.45) is 1.53. The van der Waals surface area contributed by atoms with Gasteiger partial charge in [0.15, 0.2) is 0 Å². The first kappa shape index (κ1) is 31.1. The van der Waals surface area contributed by atoms with E-state index in [1.54, 1.807) is 13.8 Å². The van der Waals surface area contributed by atoms with E-state index < -0.39 is 45.4 Å². The van der Waals surface area contributed by atoms with Crippen molar-refractivity contribution in [2.24, 2.45) is 0 Å². The molecule has 178 valence electrons. The van der Waals surface area contributed by atoms with Crippen LogP contribution in [0.25, 0.3) is 11.6 Å². The Labute approximate surface area is 239 Å². The second-order valence-electron chi connectivity index (χ2n) is 9.69. The molecule has 1 aliphatic rings. The molecule has 2 heterocycles. The Morgan fingerprint density at radius 2 is 1.69 bits per heavy atom. The van der Waals surface area contributed by atoms with Gasteiger partial charge < -0.3 is 20.7 Å². The van der Waals surface area contributed by atoms with Crippen LogP contribution in [0.4, 0.5) is 10.1 Å². The molecule has 0 spiro atoms. The fraction of sp³-hybridized carbons (Fsp3) is 0.364. The molecule has 7 nitrogen and oxygen atoms in total. The second-order valence-corrected chi connectivity index (χ2v) is 9.69. The fourth-order valence-electron chi connectivity index (χ4n) is 4.18. The van der Waals surface area contributed by atoms with Crippen LogP contribution in [-0.2, 0) is 4.79 Å². The van der Waals surface area contributed by atoms with Gasteiger partial charge in [-0.1, -0.05) is 10.5 Å². The van der Waals surface area contributed by atoms with Gasteiger partial charge in [-0.3, -0.25) is 14.5 Å². The molecule has 0 saturated heterocycles. The number of hydrogen-bond acceptors (Lipinski definition) is 4. The third-order valence-corrected chi connectivity index (χ3v) is 6.57. The van der Waals surface area contributed by atoms with Crippen molar-refractivity contribution in [3.8, 4) is 0 Å². The molecule has 0 fully saturated rings. The predicted molar refractivity (Wildman–Crippen MR) is 157 cm³/mol. The molecule has 0 bridgehead atoms. The molecule has 2 aromatic rings. The number of halogens is 1. The van der Waals surface area contributed by atoms with Crippen molar-refractivity contribution < 1.29 is 19.1 Å². The maximum Gasteiger partial charge on any atom is 0.256 e. The highest BCUT2D eigenvalue weighted by atomic mass is 19.1. The highest BCUT2D eigenvalue weighted by molar-refractivity contribution is 6.67. The highest BCUT2D eigenvalue weighted by Gasteiger charge is 2.47. The molecule has 1 unspecified atom stereocenters. The van der Waals surface area contributed by atoms with Gasteiger partial charge in [0.1, 0.15) is 13.7 Å². The third kappa shape index (κ3) is 5.90. The lowest BCUT2D eigenvalue weighted by Crippen LogP contribution is -2.72. The van der Waals surface area contributed by atoms with Gasteiger partial charge in [-0.15, -0.1) is 5.11 Å². The van der Waals surface area contributed by atoms with E-state index in [-0.39, 0.29) is 17.7 Å². The van der Waals surface area contributed by atoms with Crippen molar-refractivity contribution in [3.05, 3.63) is 52.1 Å². The van der Waals surface area contributed by atoms with Crippen LogP contribution in [0.5, 0.6) is 0 Å². The summed E-state index contributed by atoms with van der Waals surface area (Å²) in [5.74, 6) is -1.46. The monoisotopic (exact) mass is 504 g/mol. The number of carbonyl (C=O) groups is 2. The van der Waals surface area contributed by atoms with E-state index in [9.17, 15) is 19.1 Å². The molecular weight excluding hydrogens is 485 g/mol. The normalized spacial score (nSPS) is 16.6. The lowest BCUT2D eigenvalue weighted by atomic mass is 9.25. The molecule has 0 aliphatic carbocycles. The number of benzene rings is 1. The number of nitrogens with zero attached hydrogens (tertiary/aromatic N) is 1. The Balaban J connectivity index is 1.85. The van der Waals surface area contributed by atoms with Crippen molar-refractivity contribution in [2.75, 3.05) is 18.4 Å². The zero-order valence-electron chi connectivity index (χ0n) is 21.5. The number of aromatic amines is 1. The standard InChI is InChI=1S/C22H18B9FN4O3/c1-9-15(8-13-12-7-11(32)3-4-14(12)35-17(13)37)34-10(2)16(9)18(38)33-5-6-36(21(29,30)19(23,24)25)22(31,39)20(26,27)28/h3-4,7-8,34,39H,5-6H2,1-2H3,(H,33,38)(H,35,37)/b13-8-. The molecule has 18 radical (unpaired) electrons. The minimum Gasteiger partial charge on any atom is -0.387 e. The Hall–Kier alpha value is -2.39. The summed E-state index contributed by atoms with van der Waals surface area (Å²) < 4.78 is 13.8. The molecule has 3 rings (SSSR count). The minimum atomic E-state index is -2.79. The van der Waals surface area contributed by atoms with Gasteiger partial charge in [0.25, 0.3) is 11.8 Å². The maximum absolute atomic E-state index is 13.8. The summed E-state index contributed by atoms with van der Waals surface area (Å²) in [5.41, 5.74) is 0.000212. The van der Waals surface area contributed by atoms with Crippen LogP contribution >= 0.6 is 0 Å². The number of aromatic nitrogens is 1. The second kappa shape index (κ2) is 10.5. The molecule has 1 aliphatic heterocycles. The number of rotatable bonds is 9. The van der Waals surface area contributed by atoms with Crippen molar-refractivity contribution in [3.63, 3.8) is 0 Å². The summed E-state index contributed by atoms with van der Waals surface area (Å²) in [4.78, 5) is 29.3. The topological polar surface area (TPSA) is 97.5 Å². The van der Waals surface area contributed by atoms with E-state index in [4.69, 9.17) is 70.6 Å². The number of nitrogens with one attached hydrogen (secondary N) is 3. The van der Waals surface area contributed by atoms with E-state index in [1.165, 1.54) is 24.3 Å². The fourth-order valence-corrected chi connectivity index (χ4v) is 4.18. The smallest absolute Gasteiger partial charge is 0.256 e. The number of fused-ring (bicyclic) bond motifs is 1. The number of hydrogen-bond donors (Lipinski definition) is 4. The zero-order chi connectivity index (χ0) is 29.7. The van der Waals surface area contributed by atoms with Crippen LogP contribution in [0, 0.1) is 19.7 Å². The van der Waals surface area contributed by atoms with E-state index in [0.29, 0.717) is 33.1 Å². The van der Waals surface area contributed by atoms with Gasteiger partial charge in [0.05, 0.1) is 79.5 Å². The van der Waals surface area contributed by atoms with Gasteiger partial charge in [-0.25, -0.2) is 4.39 Å². The number of anilines is 1. The van der Waals surface area contributed by atoms with Crippen LogP contribution in [0.2, 0.25) is 10.2 Å². The van der Waals surface area contributed by atoms with Gasteiger partial charge in [-0.05, 0) is 43.7 Å². The van der Waals surface area contributed by atoms with Crippen LogP contribution in [0.1, 0.15) is 32.9 Å². The van der Waals surface area contributed by atoms with Crippen LogP contribution in [0.3, 0.4) is 0 Å². The highest BCUT2D eigenvalue weighted by Crippen LogP contribution is 2.39. The van der Waals surface area contributed by atoms with Crippen molar-refractivity contribution in [1.29, 1.82) is 0 Å². The molecular formula is C22H18B9FN4O3. The number of amides is 2. The van der Waals surface area contributed by atoms with Crippen molar-refractivity contribution in [1.82, 2.24) is 15.2 Å². The summed E-state index contributed by atoms with van der Waals surface area (Å²) >= 11 is 0. The molecule has 39 heavy (non-hydrogen) atoms. The average Bonchev–Trinajstić information content (AvgIpc) is 3.24. The average molecular weight is 503 g/mol. The first-order chi connectivity index (χ1) is 17.7. The third-order valence-electron chi connectivity index (χ3n) is 6.57. The number of aliphatic hydroxyl groups is 1. The molecule has 1 aromatic carbocycles. The number of aryl methyl sites for hydroxylation is 1. The predicted octanol–water partition coefficient (Wildman–Crippen LogP) is -1.74. The van der Waals surface area contributed by atoms with Crippen LogP contribution in [-0.4, -0.2) is 121 Å². The first-order valence-electron chi connectivity index (χ1n) is 11.6. The Bertz CT molecular complexity index is 1310. The molecule has 1 atom stereocenters. The van der Waals surface area contributed by atoms with Crippen LogP contribution < -0.4 is 10.6 Å². The van der Waals surface area contributed by atoms with Gasteiger partial charge in [-0.2, -0.15) is 0 Å². The summed E-state index contributed by atoms with van der Waals surface area (Å²) in [6.45, 7) is 2.67. The van der Waals surface area contributed by atoms with E-state index in [1.807, 2.05) is 0 Å². The van der Waals surface area contributed by atoms with Gasteiger partial charge >= 0.3 is 0 Å². The quantitative estimate of drug-likeness (QED) is 0.186. The molecule has 1 aromatic heterocycles. The zero-order valence-corrected chi connectivity index (χ0v) is 21.5. The van der Waals surface area contributed by atoms with Gasteiger partial charge in [0.2, 0.25) is 0 Å². The minimum absolute atomic E-state index is 0.226. The van der Waals surface area contributed by atoms with E-state index in [0.717, 1.165) is 0 Å². The van der Waals surface area contributed by atoms with Gasteiger partial charge in [0, 0.05) is 35.7 Å².